The Kier molecular flexibility index (Phi) is 12.5. The predicted octanol–water partition coefficient (Wildman–Crippen LogP) is 9.60. The van der Waals surface area contributed by atoms with Crippen LogP contribution in [0, 0.1) is 21.4 Å². The summed E-state index contributed by atoms with van der Waals surface area (Å²) < 4.78 is 48.7. The fourth-order valence-corrected chi connectivity index (χ4v) is 13.7. The zero-order valence-corrected chi connectivity index (χ0v) is 42.0. The van der Waals surface area contributed by atoms with Crippen LogP contribution < -0.4 is 24.6 Å². The van der Waals surface area contributed by atoms with Crippen LogP contribution in [0.15, 0.2) is 83.9 Å². The Morgan fingerprint density at radius 2 is 1.76 bits per heavy atom. The van der Waals surface area contributed by atoms with Gasteiger partial charge >= 0.3 is 0 Å². The number of fused-ring (bicyclic) bond motifs is 3. The molecule has 1 spiro atoms. The number of anilines is 4. The van der Waals surface area contributed by atoms with Crippen LogP contribution in [0.5, 0.6) is 5.88 Å². The molecule has 376 valence electrons. The number of rotatable bonds is 13. The third-order valence-corrected chi connectivity index (χ3v) is 18.4. The summed E-state index contributed by atoms with van der Waals surface area (Å²) >= 11 is 0. The highest BCUT2D eigenvalue weighted by Gasteiger charge is 2.50. The first-order chi connectivity index (χ1) is 34.2. The number of nitrogens with zero attached hydrogens (tertiary/aromatic N) is 5. The van der Waals surface area contributed by atoms with Crippen molar-refractivity contribution < 1.29 is 32.3 Å². The van der Waals surface area contributed by atoms with Crippen molar-refractivity contribution in [2.45, 2.75) is 126 Å². The Morgan fingerprint density at radius 1 is 0.972 bits per heavy atom. The lowest BCUT2D eigenvalue weighted by atomic mass is 9.59. The molecule has 5 aromatic rings. The van der Waals surface area contributed by atoms with E-state index in [2.05, 4.69) is 69.9 Å². The van der Waals surface area contributed by atoms with Crippen molar-refractivity contribution in [3.05, 3.63) is 106 Å². The maximum Gasteiger partial charge on any atom is 0.293 e. The van der Waals surface area contributed by atoms with Crippen LogP contribution in [-0.2, 0) is 19.5 Å². The molecule has 3 saturated heterocycles. The summed E-state index contributed by atoms with van der Waals surface area (Å²) in [7, 11) is -2.88. The number of aromatic amines is 1. The van der Waals surface area contributed by atoms with E-state index in [0.29, 0.717) is 66.1 Å². The lowest BCUT2D eigenvalue weighted by Gasteiger charge is -2.56. The van der Waals surface area contributed by atoms with Crippen molar-refractivity contribution in [3.8, 4) is 5.88 Å². The number of nitrogens with one attached hydrogen (secondary N) is 3. The Labute approximate surface area is 416 Å². The summed E-state index contributed by atoms with van der Waals surface area (Å²) in [4.78, 5) is 41.3. The molecule has 11 rings (SSSR count). The number of aromatic nitrogens is 2. The van der Waals surface area contributed by atoms with Gasteiger partial charge < -0.3 is 34.3 Å². The van der Waals surface area contributed by atoms with E-state index < -0.39 is 37.5 Å². The van der Waals surface area contributed by atoms with Gasteiger partial charge in [0.15, 0.2) is 0 Å². The molecule has 2 saturated carbocycles. The molecule has 2 aliphatic carbocycles. The normalized spacial score (nSPS) is 25.5. The number of sulfonamides is 1. The Balaban J connectivity index is 0.851. The molecule has 16 nitrogen and oxygen atoms in total. The van der Waals surface area contributed by atoms with Crippen LogP contribution in [0.1, 0.15) is 118 Å². The van der Waals surface area contributed by atoms with Gasteiger partial charge in [-0.25, -0.2) is 13.1 Å². The molecule has 3 N–H and O–H groups in total. The molecular formula is C54H66N8O8S. The molecule has 1 amide bonds. The van der Waals surface area contributed by atoms with Crippen molar-refractivity contribution in [2.24, 2.45) is 11.3 Å². The molecule has 0 radical (unpaired) electrons. The number of H-pyrrole nitrogens is 1. The highest BCUT2D eigenvalue weighted by Crippen LogP contribution is 2.55. The van der Waals surface area contributed by atoms with E-state index in [4.69, 9.17) is 19.2 Å². The monoisotopic (exact) mass is 986 g/mol. The van der Waals surface area contributed by atoms with Gasteiger partial charge in [0.2, 0.25) is 5.88 Å². The fourth-order valence-electron chi connectivity index (χ4n) is 12.7. The molecule has 6 heterocycles. The first kappa shape index (κ1) is 47.6. The number of piperidine rings is 1. The lowest BCUT2D eigenvalue weighted by Crippen LogP contribution is -2.55. The standard InChI is InChI=1S/C54H66N8O8S/c1-34(2)40-8-5-6-9-41(40)44-10-7-23-60(44)38-29-54(30-38)20-24-59(25-21-54)37-11-13-42(45(27-37)61-47-26-36-17-22-55-50(36)57-52(47)70-49-33-69-32-48(49)61)51(63)58-71(66,67)39-12-14-43(46(28-39)62(64)65)56-31-35-15-18-53(3,68-4)19-16-35/h5-6,8-9,11-14,17,22,26-28,34-35,38,44,48-49,56H,7,10,15-16,18-21,23-25,29-33H2,1-4H3,(H,55,57)(H,58,63)/t35?,44-,48+,49+,53?/m0/s1. The summed E-state index contributed by atoms with van der Waals surface area (Å²) in [5, 5.41) is 16.4. The van der Waals surface area contributed by atoms with E-state index in [1.54, 1.807) is 13.2 Å². The second-order valence-corrected chi connectivity index (χ2v) is 23.3. The number of likely N-dealkylation sites (tertiary alicyclic amines) is 1. The van der Waals surface area contributed by atoms with Gasteiger partial charge in [0.25, 0.3) is 21.6 Å². The van der Waals surface area contributed by atoms with E-state index in [9.17, 15) is 23.3 Å². The minimum atomic E-state index is -4.60. The van der Waals surface area contributed by atoms with E-state index >= 15 is 0 Å². The number of hydrogen-bond donors (Lipinski definition) is 3. The number of methoxy groups -OCH3 is 1. The average molecular weight is 987 g/mol. The topological polar surface area (TPSA) is 184 Å². The van der Waals surface area contributed by atoms with E-state index in [-0.39, 0.29) is 28.8 Å². The Bertz CT molecular complexity index is 2940. The highest BCUT2D eigenvalue weighted by molar-refractivity contribution is 7.90. The number of carbonyl (C=O) groups excluding carboxylic acids is 1. The zero-order valence-electron chi connectivity index (χ0n) is 41.2. The molecule has 0 bridgehead atoms. The van der Waals surface area contributed by atoms with Crippen molar-refractivity contribution in [2.75, 3.05) is 61.6 Å². The van der Waals surface area contributed by atoms with Crippen LogP contribution in [0.25, 0.3) is 11.0 Å². The third kappa shape index (κ3) is 9.01. The fraction of sp³-hybridized carbons (Fsp3) is 0.519. The number of amides is 1. The quantitative estimate of drug-likeness (QED) is 0.0749. The van der Waals surface area contributed by atoms with Crippen LogP contribution in [-0.4, -0.2) is 104 Å². The molecule has 0 unspecified atom stereocenters. The van der Waals surface area contributed by atoms with Gasteiger partial charge in [-0.3, -0.25) is 19.8 Å². The minimum Gasteiger partial charge on any atom is -0.468 e. The number of pyridine rings is 1. The Morgan fingerprint density at radius 3 is 2.52 bits per heavy atom. The Hall–Kier alpha value is -5.75. The second kappa shape index (κ2) is 18.7. The summed E-state index contributed by atoms with van der Waals surface area (Å²) in [5.74, 6) is 0.278. The number of hydrogen-bond acceptors (Lipinski definition) is 13. The van der Waals surface area contributed by atoms with Crippen LogP contribution >= 0.6 is 0 Å². The van der Waals surface area contributed by atoms with E-state index in [1.807, 2.05) is 35.4 Å². The predicted molar refractivity (Wildman–Crippen MR) is 273 cm³/mol. The van der Waals surface area contributed by atoms with Gasteiger partial charge in [-0.15, -0.1) is 0 Å². The lowest BCUT2D eigenvalue weighted by molar-refractivity contribution is -0.384. The van der Waals surface area contributed by atoms with E-state index in [1.165, 1.54) is 48.9 Å². The number of carbonyl (C=O) groups is 1. The first-order valence-electron chi connectivity index (χ1n) is 25.6. The minimum absolute atomic E-state index is 0.115. The maximum atomic E-state index is 14.7. The van der Waals surface area contributed by atoms with Crippen LogP contribution in [0.4, 0.5) is 28.4 Å². The number of benzene rings is 3. The molecule has 71 heavy (non-hydrogen) atoms. The third-order valence-electron chi connectivity index (χ3n) is 17.0. The smallest absolute Gasteiger partial charge is 0.293 e. The molecule has 3 atom stereocenters. The number of nitro groups is 1. The molecular weight excluding hydrogens is 921 g/mol. The van der Waals surface area contributed by atoms with Crippen molar-refractivity contribution >= 4 is 55.4 Å². The van der Waals surface area contributed by atoms with Gasteiger partial charge in [0, 0.05) is 62.2 Å². The van der Waals surface area contributed by atoms with Crippen molar-refractivity contribution in [1.29, 1.82) is 0 Å². The van der Waals surface area contributed by atoms with Gasteiger partial charge in [0.1, 0.15) is 23.1 Å². The molecule has 3 aromatic carbocycles. The van der Waals surface area contributed by atoms with E-state index in [0.717, 1.165) is 75.3 Å². The van der Waals surface area contributed by atoms with Gasteiger partial charge in [-0.2, -0.15) is 4.98 Å². The van der Waals surface area contributed by atoms with Gasteiger partial charge in [-0.1, -0.05) is 38.1 Å². The molecule has 5 fully saturated rings. The molecule has 17 heteroatoms. The maximum absolute atomic E-state index is 14.7. The number of nitro benzene ring substituents is 1. The SMILES string of the molecule is COC1(C)CCC(CNc2ccc(S(=O)(=O)NC(=O)c3ccc(N4CCC5(CC4)CC(N4CCC[C@H]4c4ccccc4C(C)C)C5)cc3N3c4cc5cc[nH]c5nc4O[C@@H]4COC[C@H]43)cc2[N+](=O)[O-])CC1. The number of ether oxygens (including phenoxy) is 3. The summed E-state index contributed by atoms with van der Waals surface area (Å²) in [6.07, 6.45) is 11.9. The highest BCUT2D eigenvalue weighted by atomic mass is 32.2. The van der Waals surface area contributed by atoms with Gasteiger partial charge in [-0.05, 0) is 149 Å². The summed E-state index contributed by atoms with van der Waals surface area (Å²) in [5.41, 5.74) is 5.72. The van der Waals surface area contributed by atoms with Crippen LogP contribution in [0.2, 0.25) is 0 Å². The van der Waals surface area contributed by atoms with Gasteiger partial charge in [0.05, 0.1) is 45.9 Å². The molecule has 2 aromatic heterocycles. The van der Waals surface area contributed by atoms with Crippen molar-refractivity contribution in [1.82, 2.24) is 19.6 Å². The first-order valence-corrected chi connectivity index (χ1v) is 27.1. The largest absolute Gasteiger partial charge is 0.468 e. The summed E-state index contributed by atoms with van der Waals surface area (Å²) in [6.45, 7) is 10.7. The van der Waals surface area contributed by atoms with Crippen LogP contribution in [0.3, 0.4) is 0 Å². The zero-order chi connectivity index (χ0) is 49.2. The second-order valence-electron chi connectivity index (χ2n) is 21.6. The van der Waals surface area contributed by atoms with Crippen molar-refractivity contribution in [3.63, 3.8) is 0 Å². The summed E-state index contributed by atoms with van der Waals surface area (Å²) in [6, 6.07) is 22.9. The molecule has 4 aliphatic heterocycles. The average Bonchev–Trinajstić information content (AvgIpc) is 4.16. The molecule has 6 aliphatic rings.